The van der Waals surface area contributed by atoms with E-state index in [0.717, 1.165) is 12.1 Å². The number of aromatic carboxylic acids is 1. The van der Waals surface area contributed by atoms with E-state index in [0.29, 0.717) is 5.57 Å². The van der Waals surface area contributed by atoms with E-state index < -0.39 is 23.2 Å². The fourth-order valence-electron chi connectivity index (χ4n) is 0.985. The van der Waals surface area contributed by atoms with Crippen molar-refractivity contribution in [1.82, 2.24) is 0 Å². The van der Waals surface area contributed by atoms with Crippen molar-refractivity contribution in [2.45, 2.75) is 6.92 Å². The molecule has 0 radical (unpaired) electrons. The lowest BCUT2D eigenvalue weighted by molar-refractivity contribution is -0.137. The Balaban J connectivity index is 0.000000400. The van der Waals surface area contributed by atoms with Crippen LogP contribution in [0, 0.1) is 0 Å². The van der Waals surface area contributed by atoms with Gasteiger partial charge in [0.15, 0.2) is 17.2 Å². The normalized spacial score (nSPS) is 9.00. The fourth-order valence-corrected chi connectivity index (χ4v) is 0.985. The number of carbonyl (C=O) groups excluding carboxylic acids is 1. The monoisotopic (exact) mass is 296 g/mol. The molecule has 114 valence electrons. The Bertz CT molecular complexity index is 537. The fraction of sp³-hybridized carbons (Fsp3) is 0.143. The molecular formula is C14H16O7. The maximum Gasteiger partial charge on any atom is 0.335 e. The van der Waals surface area contributed by atoms with Crippen LogP contribution in [0.3, 0.4) is 0 Å². The maximum atomic E-state index is 10.5. The molecule has 1 aromatic rings. The Kier molecular flexibility index (Phi) is 7.09. The van der Waals surface area contributed by atoms with Crippen molar-refractivity contribution in [1.29, 1.82) is 0 Å². The average molecular weight is 296 g/mol. The molecule has 0 aliphatic carbocycles. The quantitative estimate of drug-likeness (QED) is 0.289. The summed E-state index contributed by atoms with van der Waals surface area (Å²) in [5, 5.41) is 35.0. The van der Waals surface area contributed by atoms with E-state index in [1.165, 1.54) is 6.08 Å². The number of benzene rings is 1. The van der Waals surface area contributed by atoms with Gasteiger partial charge in [-0.3, -0.25) is 0 Å². The van der Waals surface area contributed by atoms with Crippen molar-refractivity contribution >= 4 is 11.9 Å². The number of rotatable bonds is 4. The summed E-state index contributed by atoms with van der Waals surface area (Å²) in [5.41, 5.74) is 0.125. The summed E-state index contributed by atoms with van der Waals surface area (Å²) in [4.78, 5) is 20.8. The summed E-state index contributed by atoms with van der Waals surface area (Å²) in [6.45, 7) is 8.64. The van der Waals surface area contributed by atoms with Crippen molar-refractivity contribution in [2.75, 3.05) is 6.61 Å². The smallest absolute Gasteiger partial charge is 0.335 e. The van der Waals surface area contributed by atoms with Crippen LogP contribution in [-0.2, 0) is 9.53 Å². The maximum absolute atomic E-state index is 10.5. The van der Waals surface area contributed by atoms with Crippen LogP contribution in [0.2, 0.25) is 0 Å². The van der Waals surface area contributed by atoms with Gasteiger partial charge in [-0.2, -0.15) is 0 Å². The molecule has 0 heterocycles. The number of esters is 1. The van der Waals surface area contributed by atoms with Gasteiger partial charge in [0, 0.05) is 5.57 Å². The largest absolute Gasteiger partial charge is 0.504 e. The zero-order valence-corrected chi connectivity index (χ0v) is 11.4. The molecule has 4 N–H and O–H groups in total. The van der Waals surface area contributed by atoms with Crippen LogP contribution in [0.1, 0.15) is 17.3 Å². The summed E-state index contributed by atoms with van der Waals surface area (Å²) < 4.78 is 4.60. The van der Waals surface area contributed by atoms with Gasteiger partial charge in [0.05, 0.1) is 5.56 Å². The SMILES string of the molecule is C=CCOC(=O)C(=C)C.O=C(O)c1cc(O)c(O)c(O)c1. The van der Waals surface area contributed by atoms with Gasteiger partial charge in [-0.05, 0) is 19.1 Å². The van der Waals surface area contributed by atoms with Crippen LogP contribution in [0.15, 0.2) is 36.9 Å². The molecule has 0 amide bonds. The Morgan fingerprint density at radius 2 is 1.71 bits per heavy atom. The van der Waals surface area contributed by atoms with Crippen molar-refractivity contribution < 1.29 is 34.8 Å². The molecule has 0 atom stereocenters. The number of ether oxygens (including phenoxy) is 1. The summed E-state index contributed by atoms with van der Waals surface area (Å²) in [6, 6.07) is 1.69. The standard InChI is InChI=1S/C7H6O5.C7H10O2/c8-4-1-3(7(11)12)2-5(9)6(4)10;1-4-5-9-7(8)6(2)3/h1-2,8-10H,(H,11,12);4H,1-2,5H2,3H3. The molecule has 1 aromatic carbocycles. The third kappa shape index (κ3) is 6.15. The number of phenols is 3. The van der Waals surface area contributed by atoms with Gasteiger partial charge in [0.1, 0.15) is 6.61 Å². The van der Waals surface area contributed by atoms with Gasteiger partial charge in [-0.15, -0.1) is 0 Å². The van der Waals surface area contributed by atoms with E-state index in [1.54, 1.807) is 6.92 Å². The second-order valence-electron chi connectivity index (χ2n) is 3.84. The minimum atomic E-state index is -1.29. The second kappa shape index (κ2) is 8.26. The number of aromatic hydroxyl groups is 3. The first kappa shape index (κ1) is 18.0. The van der Waals surface area contributed by atoms with Crippen LogP contribution in [0.4, 0.5) is 0 Å². The van der Waals surface area contributed by atoms with E-state index in [-0.39, 0.29) is 18.1 Å². The van der Waals surface area contributed by atoms with Gasteiger partial charge in [0.2, 0.25) is 0 Å². The van der Waals surface area contributed by atoms with Gasteiger partial charge < -0.3 is 25.2 Å². The number of hydrogen-bond donors (Lipinski definition) is 4. The first-order chi connectivity index (χ1) is 9.70. The molecule has 1 rings (SSSR count). The lowest BCUT2D eigenvalue weighted by Gasteiger charge is -2.01. The van der Waals surface area contributed by atoms with Crippen molar-refractivity contribution in [3.63, 3.8) is 0 Å². The summed E-state index contributed by atoms with van der Waals surface area (Å²) in [7, 11) is 0. The molecule has 0 aliphatic heterocycles. The Morgan fingerprint density at radius 3 is 2.05 bits per heavy atom. The van der Waals surface area contributed by atoms with E-state index in [2.05, 4.69) is 17.9 Å². The van der Waals surface area contributed by atoms with Gasteiger partial charge in [0.25, 0.3) is 0 Å². The molecule has 0 bridgehead atoms. The highest BCUT2D eigenvalue weighted by atomic mass is 16.5. The molecular weight excluding hydrogens is 280 g/mol. The molecule has 0 saturated carbocycles. The van der Waals surface area contributed by atoms with Crippen molar-refractivity contribution in [3.8, 4) is 17.2 Å². The Hall–Kier alpha value is -2.96. The molecule has 7 heteroatoms. The second-order valence-corrected chi connectivity index (χ2v) is 3.84. The third-order valence-electron chi connectivity index (χ3n) is 2.00. The number of hydrogen-bond acceptors (Lipinski definition) is 6. The molecule has 0 saturated heterocycles. The minimum Gasteiger partial charge on any atom is -0.504 e. The Labute approximate surface area is 121 Å². The van der Waals surface area contributed by atoms with E-state index in [9.17, 15) is 9.59 Å². The van der Waals surface area contributed by atoms with E-state index in [1.807, 2.05) is 0 Å². The molecule has 0 spiro atoms. The predicted molar refractivity (Wildman–Crippen MR) is 74.4 cm³/mol. The number of carboxylic acid groups (broad SMARTS) is 1. The van der Waals surface area contributed by atoms with Gasteiger partial charge in [-0.1, -0.05) is 19.2 Å². The molecule has 0 aliphatic rings. The number of carbonyl (C=O) groups is 2. The van der Waals surface area contributed by atoms with Gasteiger partial charge in [-0.25, -0.2) is 9.59 Å². The zero-order valence-electron chi connectivity index (χ0n) is 11.4. The minimum absolute atomic E-state index is 0.256. The van der Waals surface area contributed by atoms with E-state index >= 15 is 0 Å². The van der Waals surface area contributed by atoms with Crippen molar-refractivity contribution in [3.05, 3.63) is 42.5 Å². The lowest BCUT2D eigenvalue weighted by Crippen LogP contribution is -2.03. The van der Waals surface area contributed by atoms with Crippen LogP contribution in [0.5, 0.6) is 17.2 Å². The average Bonchev–Trinajstić information content (AvgIpc) is 2.41. The predicted octanol–water partition coefficient (Wildman–Crippen LogP) is 1.79. The lowest BCUT2D eigenvalue weighted by atomic mass is 10.2. The van der Waals surface area contributed by atoms with E-state index in [4.69, 9.17) is 20.4 Å². The number of carboxylic acids is 1. The molecule has 0 aromatic heterocycles. The summed E-state index contributed by atoms with van der Waals surface area (Å²) in [5.74, 6) is -3.70. The highest BCUT2D eigenvalue weighted by Crippen LogP contribution is 2.35. The first-order valence-corrected chi connectivity index (χ1v) is 5.62. The molecule has 0 fully saturated rings. The van der Waals surface area contributed by atoms with Crippen LogP contribution in [-0.4, -0.2) is 39.0 Å². The van der Waals surface area contributed by atoms with Crippen LogP contribution in [0.25, 0.3) is 0 Å². The van der Waals surface area contributed by atoms with Crippen LogP contribution < -0.4 is 0 Å². The molecule has 21 heavy (non-hydrogen) atoms. The van der Waals surface area contributed by atoms with Crippen LogP contribution >= 0.6 is 0 Å². The topological polar surface area (TPSA) is 124 Å². The zero-order chi connectivity index (χ0) is 16.6. The first-order valence-electron chi connectivity index (χ1n) is 5.62. The number of phenolic OH excluding ortho intramolecular Hbond substituents is 3. The molecule has 0 unspecified atom stereocenters. The summed E-state index contributed by atoms with van der Waals surface area (Å²) in [6.07, 6.45) is 1.51. The summed E-state index contributed by atoms with van der Waals surface area (Å²) >= 11 is 0. The molecule has 7 nitrogen and oxygen atoms in total. The Morgan fingerprint density at radius 1 is 1.24 bits per heavy atom. The van der Waals surface area contributed by atoms with Crippen molar-refractivity contribution in [2.24, 2.45) is 0 Å². The highest BCUT2D eigenvalue weighted by molar-refractivity contribution is 5.89. The third-order valence-corrected chi connectivity index (χ3v) is 2.00. The highest BCUT2D eigenvalue weighted by Gasteiger charge is 2.11. The van der Waals surface area contributed by atoms with Gasteiger partial charge >= 0.3 is 11.9 Å².